The highest BCUT2D eigenvalue weighted by molar-refractivity contribution is 5.92. The Morgan fingerprint density at radius 2 is 1.90 bits per heavy atom. The molecule has 1 saturated carbocycles. The summed E-state index contributed by atoms with van der Waals surface area (Å²) in [5.41, 5.74) is 0.678. The average molecular weight is 277 g/mol. The van der Waals surface area contributed by atoms with Crippen LogP contribution in [0.15, 0.2) is 24.3 Å². The SMILES string of the molecule is CC1CCC(C(C)C)[C@H](C(=O)Nc2ccc(F)cc2)C1. The maximum absolute atomic E-state index is 12.9. The van der Waals surface area contributed by atoms with Gasteiger partial charge in [-0.1, -0.05) is 27.2 Å². The molecule has 1 aliphatic rings. The lowest BCUT2D eigenvalue weighted by Gasteiger charge is -2.36. The third-order valence-corrected chi connectivity index (χ3v) is 4.47. The molecule has 0 radical (unpaired) electrons. The number of anilines is 1. The highest BCUT2D eigenvalue weighted by Gasteiger charge is 2.35. The van der Waals surface area contributed by atoms with Gasteiger partial charge in [-0.25, -0.2) is 4.39 Å². The van der Waals surface area contributed by atoms with Crippen molar-refractivity contribution in [3.8, 4) is 0 Å². The van der Waals surface area contributed by atoms with E-state index >= 15 is 0 Å². The molecule has 3 heteroatoms. The summed E-state index contributed by atoms with van der Waals surface area (Å²) < 4.78 is 12.9. The summed E-state index contributed by atoms with van der Waals surface area (Å²) >= 11 is 0. The van der Waals surface area contributed by atoms with Crippen molar-refractivity contribution in [2.24, 2.45) is 23.7 Å². The van der Waals surface area contributed by atoms with Crippen LogP contribution in [-0.4, -0.2) is 5.91 Å². The zero-order valence-electron chi connectivity index (χ0n) is 12.5. The second kappa shape index (κ2) is 6.38. The highest BCUT2D eigenvalue weighted by atomic mass is 19.1. The number of carbonyl (C=O) groups is 1. The summed E-state index contributed by atoms with van der Waals surface area (Å²) in [7, 11) is 0. The third kappa shape index (κ3) is 3.59. The van der Waals surface area contributed by atoms with Crippen molar-refractivity contribution in [3.05, 3.63) is 30.1 Å². The quantitative estimate of drug-likeness (QED) is 0.867. The van der Waals surface area contributed by atoms with Crippen molar-refractivity contribution in [2.75, 3.05) is 5.32 Å². The Morgan fingerprint density at radius 3 is 2.50 bits per heavy atom. The van der Waals surface area contributed by atoms with E-state index in [1.807, 2.05) is 0 Å². The van der Waals surface area contributed by atoms with Gasteiger partial charge >= 0.3 is 0 Å². The van der Waals surface area contributed by atoms with Crippen LogP contribution in [0.2, 0.25) is 0 Å². The first-order chi connectivity index (χ1) is 9.47. The van der Waals surface area contributed by atoms with Crippen LogP contribution in [0.3, 0.4) is 0 Å². The Morgan fingerprint density at radius 1 is 1.25 bits per heavy atom. The van der Waals surface area contributed by atoms with Gasteiger partial charge in [0.25, 0.3) is 0 Å². The van der Waals surface area contributed by atoms with Gasteiger partial charge in [-0.3, -0.25) is 4.79 Å². The smallest absolute Gasteiger partial charge is 0.227 e. The molecule has 0 aliphatic heterocycles. The molecule has 1 aliphatic carbocycles. The van der Waals surface area contributed by atoms with E-state index in [0.29, 0.717) is 23.4 Å². The van der Waals surface area contributed by atoms with Gasteiger partial charge in [0.2, 0.25) is 5.91 Å². The minimum Gasteiger partial charge on any atom is -0.326 e. The third-order valence-electron chi connectivity index (χ3n) is 4.47. The van der Waals surface area contributed by atoms with E-state index in [9.17, 15) is 9.18 Å². The van der Waals surface area contributed by atoms with Gasteiger partial charge in [0, 0.05) is 11.6 Å². The van der Waals surface area contributed by atoms with E-state index in [-0.39, 0.29) is 17.6 Å². The van der Waals surface area contributed by atoms with Gasteiger partial charge in [-0.2, -0.15) is 0 Å². The van der Waals surface area contributed by atoms with Crippen LogP contribution < -0.4 is 5.32 Å². The summed E-state index contributed by atoms with van der Waals surface area (Å²) in [4.78, 5) is 12.5. The van der Waals surface area contributed by atoms with Crippen LogP contribution in [0, 0.1) is 29.5 Å². The maximum Gasteiger partial charge on any atom is 0.227 e. The standard InChI is InChI=1S/C17H24FNO/c1-11(2)15-9-4-12(3)10-16(15)17(20)19-14-7-5-13(18)6-8-14/h5-8,11-12,15-16H,4,9-10H2,1-3H3,(H,19,20)/t12?,15?,16-/m1/s1. The van der Waals surface area contributed by atoms with Gasteiger partial charge in [0.05, 0.1) is 0 Å². The van der Waals surface area contributed by atoms with Crippen LogP contribution >= 0.6 is 0 Å². The van der Waals surface area contributed by atoms with Gasteiger partial charge < -0.3 is 5.32 Å². The predicted molar refractivity (Wildman–Crippen MR) is 79.9 cm³/mol. The maximum atomic E-state index is 12.9. The largest absolute Gasteiger partial charge is 0.326 e. The fourth-order valence-corrected chi connectivity index (χ4v) is 3.27. The van der Waals surface area contributed by atoms with E-state index in [1.54, 1.807) is 12.1 Å². The molecule has 0 bridgehead atoms. The molecule has 3 atom stereocenters. The van der Waals surface area contributed by atoms with Crippen LogP contribution in [0.4, 0.5) is 10.1 Å². The molecule has 0 saturated heterocycles. The molecule has 0 aromatic heterocycles. The second-order valence-electron chi connectivity index (χ2n) is 6.43. The summed E-state index contributed by atoms with van der Waals surface area (Å²) in [5.74, 6) is 1.45. The molecule has 2 rings (SSSR count). The van der Waals surface area contributed by atoms with E-state index < -0.39 is 0 Å². The van der Waals surface area contributed by atoms with E-state index in [0.717, 1.165) is 12.8 Å². The molecule has 20 heavy (non-hydrogen) atoms. The number of benzene rings is 1. The zero-order chi connectivity index (χ0) is 14.7. The van der Waals surface area contributed by atoms with E-state index in [4.69, 9.17) is 0 Å². The van der Waals surface area contributed by atoms with Crippen LogP contribution in [0.25, 0.3) is 0 Å². The Labute approximate surface area is 120 Å². The van der Waals surface area contributed by atoms with Crippen molar-refractivity contribution in [2.45, 2.75) is 40.0 Å². The lowest BCUT2D eigenvalue weighted by Crippen LogP contribution is -2.36. The number of amides is 1. The van der Waals surface area contributed by atoms with E-state index in [1.165, 1.54) is 18.6 Å². The van der Waals surface area contributed by atoms with Gasteiger partial charge in [0.15, 0.2) is 0 Å². The summed E-state index contributed by atoms with van der Waals surface area (Å²) in [6, 6.07) is 5.98. The second-order valence-corrected chi connectivity index (χ2v) is 6.43. The first-order valence-corrected chi connectivity index (χ1v) is 7.53. The monoisotopic (exact) mass is 277 g/mol. The van der Waals surface area contributed by atoms with Crippen LogP contribution in [0.1, 0.15) is 40.0 Å². The molecular formula is C17H24FNO. The Bertz CT molecular complexity index is 455. The lowest BCUT2D eigenvalue weighted by molar-refractivity contribution is -0.123. The highest BCUT2D eigenvalue weighted by Crippen LogP contribution is 2.38. The predicted octanol–water partition coefficient (Wildman–Crippen LogP) is 4.47. The van der Waals surface area contributed by atoms with Crippen molar-refractivity contribution in [1.82, 2.24) is 0 Å². The molecule has 0 heterocycles. The normalized spacial score (nSPS) is 26.6. The molecule has 1 amide bonds. The fraction of sp³-hybridized carbons (Fsp3) is 0.588. The topological polar surface area (TPSA) is 29.1 Å². The summed E-state index contributed by atoms with van der Waals surface area (Å²) in [5, 5.41) is 2.94. The molecule has 1 N–H and O–H groups in total. The van der Waals surface area contributed by atoms with Crippen molar-refractivity contribution in [1.29, 1.82) is 0 Å². The average Bonchev–Trinajstić information content (AvgIpc) is 2.41. The Kier molecular flexibility index (Phi) is 4.79. The molecular weight excluding hydrogens is 253 g/mol. The molecule has 1 fully saturated rings. The first-order valence-electron chi connectivity index (χ1n) is 7.53. The molecule has 0 spiro atoms. The number of rotatable bonds is 3. The zero-order valence-corrected chi connectivity index (χ0v) is 12.5. The van der Waals surface area contributed by atoms with Crippen molar-refractivity contribution in [3.63, 3.8) is 0 Å². The molecule has 1 aromatic rings. The number of nitrogens with one attached hydrogen (secondary N) is 1. The summed E-state index contributed by atoms with van der Waals surface area (Å²) in [6.45, 7) is 6.60. The molecule has 2 unspecified atom stereocenters. The van der Waals surface area contributed by atoms with Crippen LogP contribution in [0.5, 0.6) is 0 Å². The number of hydrogen-bond acceptors (Lipinski definition) is 1. The molecule has 1 aromatic carbocycles. The minimum atomic E-state index is -0.283. The van der Waals surface area contributed by atoms with Crippen molar-refractivity contribution >= 4 is 11.6 Å². The van der Waals surface area contributed by atoms with E-state index in [2.05, 4.69) is 26.1 Å². The van der Waals surface area contributed by atoms with Crippen LogP contribution in [-0.2, 0) is 4.79 Å². The Balaban J connectivity index is 2.07. The fourth-order valence-electron chi connectivity index (χ4n) is 3.27. The van der Waals surface area contributed by atoms with Crippen molar-refractivity contribution < 1.29 is 9.18 Å². The minimum absolute atomic E-state index is 0.0730. The molecule has 2 nitrogen and oxygen atoms in total. The summed E-state index contributed by atoms with van der Waals surface area (Å²) in [6.07, 6.45) is 3.29. The van der Waals surface area contributed by atoms with Gasteiger partial charge in [0.1, 0.15) is 5.82 Å². The van der Waals surface area contributed by atoms with Gasteiger partial charge in [-0.05, 0) is 54.9 Å². The van der Waals surface area contributed by atoms with Gasteiger partial charge in [-0.15, -0.1) is 0 Å². The molecule has 110 valence electrons. The first kappa shape index (κ1) is 15.0. The Hall–Kier alpha value is -1.38. The number of hydrogen-bond donors (Lipinski definition) is 1. The number of carbonyl (C=O) groups excluding carboxylic acids is 1. The number of halogens is 1. The lowest BCUT2D eigenvalue weighted by atomic mass is 9.70.